The third-order valence-corrected chi connectivity index (χ3v) is 3.08. The summed E-state index contributed by atoms with van der Waals surface area (Å²) in [6.45, 7) is 5.99. The summed E-state index contributed by atoms with van der Waals surface area (Å²) in [6, 6.07) is 10.7. The molecule has 2 nitrogen and oxygen atoms in total. The summed E-state index contributed by atoms with van der Waals surface area (Å²) in [5.74, 6) is 0.472. The molecule has 1 fully saturated rings. The van der Waals surface area contributed by atoms with E-state index in [9.17, 15) is 0 Å². The van der Waals surface area contributed by atoms with Crippen LogP contribution in [-0.2, 0) is 4.74 Å². The van der Waals surface area contributed by atoms with Crippen molar-refractivity contribution in [2.45, 2.75) is 26.3 Å². The van der Waals surface area contributed by atoms with Crippen molar-refractivity contribution >= 4 is 5.71 Å². The Bertz CT molecular complexity index is 358. The Morgan fingerprint density at radius 1 is 1.31 bits per heavy atom. The lowest BCUT2D eigenvalue weighted by Crippen LogP contribution is -2.25. The van der Waals surface area contributed by atoms with E-state index in [1.54, 1.807) is 0 Å². The van der Waals surface area contributed by atoms with Gasteiger partial charge in [0, 0.05) is 18.1 Å². The number of ether oxygens (including phenoxy) is 1. The van der Waals surface area contributed by atoms with Crippen molar-refractivity contribution in [2.75, 3.05) is 13.2 Å². The Morgan fingerprint density at radius 2 is 2.06 bits per heavy atom. The topological polar surface area (TPSA) is 21.6 Å². The summed E-state index contributed by atoms with van der Waals surface area (Å²) in [6.07, 6.45) is 0.984. The molecule has 0 aromatic heterocycles. The molecule has 1 heterocycles. The highest BCUT2D eigenvalue weighted by molar-refractivity contribution is 5.87. The highest BCUT2D eigenvalue weighted by atomic mass is 16.5. The van der Waals surface area contributed by atoms with E-state index < -0.39 is 0 Å². The average molecular weight is 217 g/mol. The molecule has 1 aromatic rings. The number of hydrogen-bond acceptors (Lipinski definition) is 2. The van der Waals surface area contributed by atoms with Gasteiger partial charge in [0.05, 0.1) is 19.3 Å². The van der Waals surface area contributed by atoms with Crippen molar-refractivity contribution < 1.29 is 4.74 Å². The van der Waals surface area contributed by atoms with Gasteiger partial charge in [-0.05, 0) is 12.5 Å². The fourth-order valence-electron chi connectivity index (χ4n) is 2.03. The summed E-state index contributed by atoms with van der Waals surface area (Å²) in [5.41, 5.74) is 2.59. The molecule has 2 heteroatoms. The van der Waals surface area contributed by atoms with E-state index in [0.29, 0.717) is 5.92 Å². The third-order valence-electron chi connectivity index (χ3n) is 3.08. The molecule has 16 heavy (non-hydrogen) atoms. The molecular weight excluding hydrogens is 198 g/mol. The van der Waals surface area contributed by atoms with Crippen molar-refractivity contribution in [1.82, 2.24) is 0 Å². The molecule has 0 spiro atoms. The van der Waals surface area contributed by atoms with Crippen LogP contribution in [0, 0.1) is 5.92 Å². The van der Waals surface area contributed by atoms with Crippen LogP contribution in [0.1, 0.15) is 31.9 Å². The van der Waals surface area contributed by atoms with Gasteiger partial charge in [-0.1, -0.05) is 37.3 Å². The van der Waals surface area contributed by atoms with E-state index >= 15 is 0 Å². The second-order valence-electron chi connectivity index (χ2n) is 4.43. The average Bonchev–Trinajstić information content (AvgIpc) is 2.33. The molecule has 0 saturated carbocycles. The highest BCUT2D eigenvalue weighted by Crippen LogP contribution is 2.20. The Morgan fingerprint density at radius 3 is 2.75 bits per heavy atom. The van der Waals surface area contributed by atoms with Crippen molar-refractivity contribution in [1.29, 1.82) is 0 Å². The van der Waals surface area contributed by atoms with Crippen molar-refractivity contribution in [2.24, 2.45) is 10.9 Å². The Balaban J connectivity index is 2.10. The summed E-state index contributed by atoms with van der Waals surface area (Å²) >= 11 is 0. The molecule has 1 aliphatic heterocycles. The first-order valence-electron chi connectivity index (χ1n) is 5.96. The second kappa shape index (κ2) is 5.26. The van der Waals surface area contributed by atoms with Crippen LogP contribution in [-0.4, -0.2) is 18.9 Å². The zero-order valence-electron chi connectivity index (χ0n) is 10.0. The number of rotatable bonds is 2. The first-order valence-corrected chi connectivity index (χ1v) is 5.96. The van der Waals surface area contributed by atoms with Gasteiger partial charge in [-0.15, -0.1) is 0 Å². The van der Waals surface area contributed by atoms with E-state index in [2.05, 4.69) is 38.1 Å². The summed E-state index contributed by atoms with van der Waals surface area (Å²) in [5, 5.41) is 0. The molecule has 1 unspecified atom stereocenters. The molecule has 1 saturated heterocycles. The van der Waals surface area contributed by atoms with Gasteiger partial charge in [-0.25, -0.2) is 0 Å². The zero-order valence-corrected chi connectivity index (χ0v) is 10.0. The van der Waals surface area contributed by atoms with Crippen LogP contribution < -0.4 is 0 Å². The van der Waals surface area contributed by atoms with E-state index in [-0.39, 0.29) is 6.04 Å². The first-order chi connectivity index (χ1) is 7.77. The van der Waals surface area contributed by atoms with Gasteiger partial charge >= 0.3 is 0 Å². The lowest BCUT2D eigenvalue weighted by Gasteiger charge is -2.22. The fourth-order valence-corrected chi connectivity index (χ4v) is 2.03. The molecule has 2 rings (SSSR count). The predicted octanol–water partition coefficient (Wildman–Crippen LogP) is 3.25. The molecular formula is C14H19NO. The van der Waals surface area contributed by atoms with Crippen LogP contribution in [0.3, 0.4) is 0 Å². The molecule has 86 valence electrons. The Hall–Kier alpha value is -1.15. The van der Waals surface area contributed by atoms with Gasteiger partial charge in [-0.3, -0.25) is 4.99 Å². The Kier molecular flexibility index (Phi) is 3.73. The van der Waals surface area contributed by atoms with Crippen LogP contribution in [0.2, 0.25) is 0 Å². The highest BCUT2D eigenvalue weighted by Gasteiger charge is 2.17. The van der Waals surface area contributed by atoms with Crippen LogP contribution in [0.4, 0.5) is 0 Å². The second-order valence-corrected chi connectivity index (χ2v) is 4.43. The van der Waals surface area contributed by atoms with Gasteiger partial charge in [-0.2, -0.15) is 0 Å². The van der Waals surface area contributed by atoms with Gasteiger partial charge in [0.25, 0.3) is 0 Å². The summed E-state index contributed by atoms with van der Waals surface area (Å²) in [4.78, 5) is 4.82. The lowest BCUT2D eigenvalue weighted by atomic mass is 10.0. The van der Waals surface area contributed by atoms with Crippen LogP contribution >= 0.6 is 0 Å². The monoisotopic (exact) mass is 217 g/mol. The van der Waals surface area contributed by atoms with Crippen LogP contribution in [0.5, 0.6) is 0 Å². The predicted molar refractivity (Wildman–Crippen MR) is 66.9 cm³/mol. The number of aliphatic imine (C=N–C) groups is 1. The maximum absolute atomic E-state index is 5.42. The smallest absolute Gasteiger partial charge is 0.0720 e. The molecule has 0 N–H and O–H groups in total. The van der Waals surface area contributed by atoms with Crippen molar-refractivity contribution in [3.8, 4) is 0 Å². The largest absolute Gasteiger partial charge is 0.380 e. The minimum atomic E-state index is 0.261. The minimum Gasteiger partial charge on any atom is -0.380 e. The molecule has 2 atom stereocenters. The number of hydrogen-bond donors (Lipinski definition) is 0. The molecule has 1 aliphatic rings. The Labute approximate surface area is 97.4 Å². The molecule has 0 aliphatic carbocycles. The van der Waals surface area contributed by atoms with Crippen LogP contribution in [0.15, 0.2) is 35.3 Å². The maximum atomic E-state index is 5.42. The fraction of sp³-hybridized carbons (Fsp3) is 0.500. The molecule has 1 aromatic carbocycles. The van der Waals surface area contributed by atoms with E-state index in [4.69, 9.17) is 9.73 Å². The zero-order chi connectivity index (χ0) is 11.4. The summed E-state index contributed by atoms with van der Waals surface area (Å²) in [7, 11) is 0. The minimum absolute atomic E-state index is 0.261. The molecule has 0 radical (unpaired) electrons. The van der Waals surface area contributed by atoms with Crippen molar-refractivity contribution in [3.05, 3.63) is 35.9 Å². The van der Waals surface area contributed by atoms with Gasteiger partial charge < -0.3 is 4.74 Å². The quantitative estimate of drug-likeness (QED) is 0.745. The first kappa shape index (κ1) is 11.3. The standard InChI is InChI=1S/C14H19NO/c1-11-10-16-9-8-14(11)15-12(2)13-6-4-3-5-7-13/h3-7,11-12H,8-10H2,1-2H3/b15-14+/t11?,12-/m1/s1. The van der Waals surface area contributed by atoms with E-state index in [1.165, 1.54) is 11.3 Å². The normalized spacial score (nSPS) is 25.6. The number of nitrogens with zero attached hydrogens (tertiary/aromatic N) is 1. The van der Waals surface area contributed by atoms with Gasteiger partial charge in [0.1, 0.15) is 0 Å². The SMILES string of the molecule is CC1COCC/C1=N\[C@H](C)c1ccccc1. The van der Waals surface area contributed by atoms with Gasteiger partial charge in [0.15, 0.2) is 0 Å². The maximum Gasteiger partial charge on any atom is 0.0720 e. The number of benzene rings is 1. The van der Waals surface area contributed by atoms with Crippen molar-refractivity contribution in [3.63, 3.8) is 0 Å². The van der Waals surface area contributed by atoms with Gasteiger partial charge in [0.2, 0.25) is 0 Å². The van der Waals surface area contributed by atoms with E-state index in [0.717, 1.165) is 19.6 Å². The molecule has 0 amide bonds. The summed E-state index contributed by atoms with van der Waals surface area (Å²) < 4.78 is 5.42. The van der Waals surface area contributed by atoms with E-state index in [1.807, 2.05) is 6.07 Å². The lowest BCUT2D eigenvalue weighted by molar-refractivity contribution is 0.110. The van der Waals surface area contributed by atoms with Crippen LogP contribution in [0.25, 0.3) is 0 Å². The molecule has 0 bridgehead atoms. The third kappa shape index (κ3) is 2.70.